The van der Waals surface area contributed by atoms with Crippen LogP contribution in [0.4, 0.5) is 0 Å². The molecule has 3 nitrogen and oxygen atoms in total. The molecule has 0 aliphatic rings. The van der Waals surface area contributed by atoms with Crippen molar-refractivity contribution >= 4 is 5.78 Å². The maximum Gasteiger partial charge on any atom is 0.132 e. The molecule has 0 atom stereocenters. The fourth-order valence-electron chi connectivity index (χ4n) is 1.48. The first-order valence-electron chi connectivity index (χ1n) is 5.74. The van der Waals surface area contributed by atoms with Gasteiger partial charge in [0.1, 0.15) is 5.78 Å². The van der Waals surface area contributed by atoms with Crippen LogP contribution >= 0.6 is 0 Å². The standard InChI is InChI=1S/C12H22N2O/c1-4-12(15)7-5-9-14(11(2)3)10-6-8-13/h11H,4-7,9-10H2,1-3H3. The van der Waals surface area contributed by atoms with Crippen LogP contribution in [0.3, 0.4) is 0 Å². The topological polar surface area (TPSA) is 44.1 Å². The Kier molecular flexibility index (Phi) is 7.94. The molecule has 0 saturated heterocycles. The Morgan fingerprint density at radius 1 is 1.40 bits per heavy atom. The smallest absolute Gasteiger partial charge is 0.132 e. The number of hydrogen-bond acceptors (Lipinski definition) is 3. The second-order valence-corrected chi connectivity index (χ2v) is 4.03. The Morgan fingerprint density at radius 2 is 2.07 bits per heavy atom. The highest BCUT2D eigenvalue weighted by molar-refractivity contribution is 5.77. The van der Waals surface area contributed by atoms with E-state index in [1.807, 2.05) is 6.92 Å². The number of rotatable bonds is 8. The summed E-state index contributed by atoms with van der Waals surface area (Å²) >= 11 is 0. The Morgan fingerprint density at radius 3 is 2.53 bits per heavy atom. The average molecular weight is 210 g/mol. The van der Waals surface area contributed by atoms with Gasteiger partial charge < -0.3 is 0 Å². The molecule has 0 aliphatic carbocycles. The number of Topliss-reactive ketones (excluding diaryl/α,β-unsaturated/α-hetero) is 1. The monoisotopic (exact) mass is 210 g/mol. The molecule has 0 aromatic rings. The molecule has 86 valence electrons. The van der Waals surface area contributed by atoms with Gasteiger partial charge in [-0.2, -0.15) is 5.26 Å². The van der Waals surface area contributed by atoms with E-state index in [2.05, 4.69) is 24.8 Å². The quantitative estimate of drug-likeness (QED) is 0.617. The van der Waals surface area contributed by atoms with Crippen LogP contribution in [0.5, 0.6) is 0 Å². The van der Waals surface area contributed by atoms with Crippen LogP contribution in [0, 0.1) is 11.3 Å². The molecule has 0 heterocycles. The van der Waals surface area contributed by atoms with Crippen LogP contribution in [-0.2, 0) is 4.79 Å². The average Bonchev–Trinajstić information content (AvgIpc) is 2.22. The van der Waals surface area contributed by atoms with Gasteiger partial charge in [0.05, 0.1) is 6.07 Å². The number of nitrogens with zero attached hydrogens (tertiary/aromatic N) is 2. The van der Waals surface area contributed by atoms with E-state index in [0.29, 0.717) is 31.1 Å². The van der Waals surface area contributed by atoms with Gasteiger partial charge in [-0.25, -0.2) is 0 Å². The molecular formula is C12H22N2O. The van der Waals surface area contributed by atoms with Crippen molar-refractivity contribution in [2.45, 2.75) is 52.5 Å². The molecule has 0 bridgehead atoms. The zero-order valence-corrected chi connectivity index (χ0v) is 10.1. The molecule has 0 unspecified atom stereocenters. The van der Waals surface area contributed by atoms with Crippen LogP contribution in [0.2, 0.25) is 0 Å². The Bertz CT molecular complexity index is 218. The zero-order valence-electron chi connectivity index (χ0n) is 10.1. The predicted octanol–water partition coefficient (Wildman–Crippen LogP) is 2.37. The summed E-state index contributed by atoms with van der Waals surface area (Å²) < 4.78 is 0. The molecule has 0 aliphatic heterocycles. The van der Waals surface area contributed by atoms with Crippen molar-refractivity contribution in [1.29, 1.82) is 5.26 Å². The predicted molar refractivity (Wildman–Crippen MR) is 61.5 cm³/mol. The molecule has 0 aromatic heterocycles. The van der Waals surface area contributed by atoms with Crippen molar-refractivity contribution in [3.05, 3.63) is 0 Å². The lowest BCUT2D eigenvalue weighted by Gasteiger charge is -2.25. The van der Waals surface area contributed by atoms with Crippen LogP contribution in [0.15, 0.2) is 0 Å². The summed E-state index contributed by atoms with van der Waals surface area (Å²) in [5.41, 5.74) is 0. The second-order valence-electron chi connectivity index (χ2n) is 4.03. The van der Waals surface area contributed by atoms with E-state index in [-0.39, 0.29) is 0 Å². The molecule has 15 heavy (non-hydrogen) atoms. The molecule has 0 radical (unpaired) electrons. The summed E-state index contributed by atoms with van der Waals surface area (Å²) in [7, 11) is 0. The van der Waals surface area contributed by atoms with E-state index in [4.69, 9.17) is 5.26 Å². The normalized spacial score (nSPS) is 10.7. The highest BCUT2D eigenvalue weighted by atomic mass is 16.1. The molecule has 0 fully saturated rings. The summed E-state index contributed by atoms with van der Waals surface area (Å²) in [5.74, 6) is 0.332. The summed E-state index contributed by atoms with van der Waals surface area (Å²) in [5, 5.41) is 8.52. The van der Waals surface area contributed by atoms with E-state index < -0.39 is 0 Å². The van der Waals surface area contributed by atoms with Gasteiger partial charge in [-0.1, -0.05) is 6.92 Å². The van der Waals surface area contributed by atoms with Crippen LogP contribution in [0.25, 0.3) is 0 Å². The van der Waals surface area contributed by atoms with Crippen LogP contribution in [0.1, 0.15) is 46.5 Å². The summed E-state index contributed by atoms with van der Waals surface area (Å²) in [6.07, 6.45) is 2.79. The summed E-state index contributed by atoms with van der Waals surface area (Å²) in [6.45, 7) is 7.88. The van der Waals surface area contributed by atoms with Crippen LogP contribution < -0.4 is 0 Å². The minimum atomic E-state index is 0.332. The zero-order chi connectivity index (χ0) is 11.7. The third-order valence-corrected chi connectivity index (χ3v) is 2.54. The Labute approximate surface area is 93.1 Å². The first kappa shape index (κ1) is 14.1. The number of nitriles is 1. The number of ketones is 1. The lowest BCUT2D eigenvalue weighted by molar-refractivity contribution is -0.118. The van der Waals surface area contributed by atoms with Crippen molar-refractivity contribution in [2.75, 3.05) is 13.1 Å². The molecule has 0 spiro atoms. The third-order valence-electron chi connectivity index (χ3n) is 2.54. The van der Waals surface area contributed by atoms with Gasteiger partial charge >= 0.3 is 0 Å². The molecule has 0 N–H and O–H groups in total. The fraction of sp³-hybridized carbons (Fsp3) is 0.833. The number of hydrogen-bond donors (Lipinski definition) is 0. The highest BCUT2D eigenvalue weighted by Crippen LogP contribution is 2.03. The second kappa shape index (κ2) is 8.43. The van der Waals surface area contributed by atoms with Crippen LogP contribution in [-0.4, -0.2) is 29.8 Å². The van der Waals surface area contributed by atoms with Crippen molar-refractivity contribution in [3.8, 4) is 6.07 Å². The molecule has 0 saturated carbocycles. The molecule has 0 aromatic carbocycles. The van der Waals surface area contributed by atoms with E-state index in [1.54, 1.807) is 0 Å². The molecule has 3 heteroatoms. The van der Waals surface area contributed by atoms with E-state index in [0.717, 1.165) is 19.5 Å². The van der Waals surface area contributed by atoms with Gasteiger partial charge in [0, 0.05) is 31.8 Å². The first-order chi connectivity index (χ1) is 7.11. The largest absolute Gasteiger partial charge is 0.300 e. The van der Waals surface area contributed by atoms with Crippen molar-refractivity contribution in [2.24, 2.45) is 0 Å². The maximum atomic E-state index is 11.1. The van der Waals surface area contributed by atoms with Gasteiger partial charge in [-0.15, -0.1) is 0 Å². The summed E-state index contributed by atoms with van der Waals surface area (Å²) in [4.78, 5) is 13.4. The minimum Gasteiger partial charge on any atom is -0.300 e. The van der Waals surface area contributed by atoms with E-state index >= 15 is 0 Å². The molecule has 0 rings (SSSR count). The lowest BCUT2D eigenvalue weighted by Crippen LogP contribution is -2.32. The van der Waals surface area contributed by atoms with E-state index in [1.165, 1.54) is 0 Å². The molecule has 0 amide bonds. The third kappa shape index (κ3) is 7.10. The van der Waals surface area contributed by atoms with Crippen molar-refractivity contribution < 1.29 is 4.79 Å². The van der Waals surface area contributed by atoms with Gasteiger partial charge in [-0.3, -0.25) is 9.69 Å². The maximum absolute atomic E-state index is 11.1. The fourth-order valence-corrected chi connectivity index (χ4v) is 1.48. The van der Waals surface area contributed by atoms with E-state index in [9.17, 15) is 4.79 Å². The SMILES string of the molecule is CCC(=O)CCCN(CCC#N)C(C)C. The Hall–Kier alpha value is -0.880. The molecular weight excluding hydrogens is 188 g/mol. The van der Waals surface area contributed by atoms with Gasteiger partial charge in [-0.05, 0) is 26.8 Å². The highest BCUT2D eigenvalue weighted by Gasteiger charge is 2.09. The lowest BCUT2D eigenvalue weighted by atomic mass is 10.1. The van der Waals surface area contributed by atoms with Crippen molar-refractivity contribution in [1.82, 2.24) is 4.90 Å². The number of carbonyl (C=O) groups is 1. The van der Waals surface area contributed by atoms with Gasteiger partial charge in [0.25, 0.3) is 0 Å². The van der Waals surface area contributed by atoms with Gasteiger partial charge in [0.2, 0.25) is 0 Å². The van der Waals surface area contributed by atoms with Gasteiger partial charge in [0.15, 0.2) is 0 Å². The van der Waals surface area contributed by atoms with Crippen molar-refractivity contribution in [3.63, 3.8) is 0 Å². The first-order valence-corrected chi connectivity index (χ1v) is 5.74. The summed E-state index contributed by atoms with van der Waals surface area (Å²) in [6, 6.07) is 2.61. The number of carbonyl (C=O) groups excluding carboxylic acids is 1. The minimum absolute atomic E-state index is 0.332. The Balaban J connectivity index is 3.76.